The quantitative estimate of drug-likeness (QED) is 0.0803. The van der Waals surface area contributed by atoms with Crippen LogP contribution in [0, 0.1) is 0 Å². The highest BCUT2D eigenvalue weighted by Crippen LogP contribution is 2.45. The van der Waals surface area contributed by atoms with E-state index in [1.165, 1.54) is 132 Å². The van der Waals surface area contributed by atoms with E-state index in [4.69, 9.17) is 8.83 Å². The molecule has 23 aromatic rings. The molecule has 4 aromatic heterocycles. The van der Waals surface area contributed by atoms with Crippen LogP contribution in [0.2, 0.25) is 58.9 Å². The monoisotopic (exact) mass is 1750 g/mol. The molecule has 132 heavy (non-hydrogen) atoms. The Balaban J connectivity index is 0.000000157. The predicted molar refractivity (Wildman–Crippen MR) is 572 cm³/mol. The number of fused-ring (bicyclic) bond motifs is 12. The third kappa shape index (κ3) is 15.7. The van der Waals surface area contributed by atoms with Crippen LogP contribution in [-0.2, 0) is 0 Å². The topological polar surface area (TPSA) is 42.6 Å². The van der Waals surface area contributed by atoms with Gasteiger partial charge in [0.1, 0.15) is 22.3 Å². The van der Waals surface area contributed by atoms with Crippen molar-refractivity contribution in [1.82, 2.24) is 9.13 Å². The minimum absolute atomic E-state index is 0.896. The van der Waals surface area contributed by atoms with Gasteiger partial charge in [-0.15, -0.1) is 0 Å². The first-order valence-corrected chi connectivity index (χ1v) is 56.4. The highest BCUT2D eigenvalue weighted by molar-refractivity contribution is 6.89. The van der Waals surface area contributed by atoms with Crippen LogP contribution in [-0.4, -0.2) is 33.4 Å². The van der Waals surface area contributed by atoms with E-state index in [2.05, 4.69) is 509 Å². The summed E-state index contributed by atoms with van der Waals surface area (Å²) in [4.78, 5) is 4.72. The highest BCUT2D eigenvalue weighted by atomic mass is 28.3. The fraction of sp³-hybridized carbons (Fsp3) is 0.0732. The van der Waals surface area contributed by atoms with E-state index in [0.29, 0.717) is 0 Å². The summed E-state index contributed by atoms with van der Waals surface area (Å²) in [6.07, 6.45) is 0. The number of aromatic nitrogens is 2. The standard InChI is InChI=1S/C66H54N2O2Si2.C57H46N2Si/c1-71(2,3)53-32-37-62-60(41-53)59-38-46(24-36-61(59)68(62)49-12-8-7-9-13-49)43-16-25-50(26-17-43)67(51-27-18-44(19-28-51)47-22-33-56-55-14-10-11-15-63(55)69-64(56)39-47)52-29-20-45(21-30-52)48-23-34-57-58-35-31-54(72(4,5)6)42-66(58)70-65(57)40-48;1-60(2,3)53-37-28-46(29-38-53)45-24-33-51(34-25-45)58(50-31-22-44(23-32-50)43-20-18-42(19-21-43)41-12-6-4-7-13-41)52-35-26-47(27-36-52)48-30-39-57-55(40-48)54-16-10-11-17-56(54)59(57)49-14-8-5-9-15-49/h7-42H,1-6H3;4-40H,1-3H3. The second-order valence-electron chi connectivity index (χ2n) is 38.1. The van der Waals surface area contributed by atoms with E-state index in [-0.39, 0.29) is 0 Å². The van der Waals surface area contributed by atoms with Crippen molar-refractivity contribution in [2.24, 2.45) is 0 Å². The number of furan rings is 2. The van der Waals surface area contributed by atoms with Gasteiger partial charge < -0.3 is 27.8 Å². The van der Waals surface area contributed by atoms with Gasteiger partial charge in [0.25, 0.3) is 0 Å². The van der Waals surface area contributed by atoms with Crippen LogP contribution in [0.1, 0.15) is 0 Å². The Morgan fingerprint density at radius 3 is 0.818 bits per heavy atom. The van der Waals surface area contributed by atoms with Crippen LogP contribution in [0.25, 0.3) is 177 Å². The Morgan fingerprint density at radius 1 is 0.167 bits per heavy atom. The van der Waals surface area contributed by atoms with E-state index in [0.717, 1.165) is 94.9 Å². The molecular weight excluding hydrogens is 1650 g/mol. The minimum Gasteiger partial charge on any atom is -0.456 e. The van der Waals surface area contributed by atoms with Crippen molar-refractivity contribution >= 4 is 161 Å². The van der Waals surface area contributed by atoms with Crippen LogP contribution in [0.3, 0.4) is 0 Å². The van der Waals surface area contributed by atoms with Crippen molar-refractivity contribution < 1.29 is 8.83 Å². The average Bonchev–Trinajstić information content (AvgIpc) is 1.85. The van der Waals surface area contributed by atoms with E-state index >= 15 is 0 Å². The molecule has 0 radical (unpaired) electrons. The fourth-order valence-electron chi connectivity index (χ4n) is 19.2. The molecule has 6 nitrogen and oxygen atoms in total. The summed E-state index contributed by atoms with van der Waals surface area (Å²) in [5.74, 6) is 0. The van der Waals surface area contributed by atoms with Crippen LogP contribution >= 0.6 is 0 Å². The molecule has 0 aliphatic rings. The maximum Gasteiger partial charge on any atom is 0.136 e. The van der Waals surface area contributed by atoms with Gasteiger partial charge in [-0.25, -0.2) is 0 Å². The highest BCUT2D eigenvalue weighted by Gasteiger charge is 2.25. The van der Waals surface area contributed by atoms with Crippen molar-refractivity contribution in [3.8, 4) is 89.3 Å². The van der Waals surface area contributed by atoms with Crippen molar-refractivity contribution in [2.45, 2.75) is 58.9 Å². The Hall–Kier alpha value is -15.4. The van der Waals surface area contributed by atoms with Crippen molar-refractivity contribution in [3.05, 3.63) is 443 Å². The van der Waals surface area contributed by atoms with E-state index < -0.39 is 24.2 Å². The van der Waals surface area contributed by atoms with Gasteiger partial charge in [-0.05, 0) is 248 Å². The number of para-hydroxylation sites is 4. The summed E-state index contributed by atoms with van der Waals surface area (Å²) in [6, 6.07) is 162. The van der Waals surface area contributed by atoms with Gasteiger partial charge in [0.2, 0.25) is 0 Å². The van der Waals surface area contributed by atoms with Gasteiger partial charge in [0.15, 0.2) is 0 Å². The lowest BCUT2D eigenvalue weighted by atomic mass is 10.00. The lowest BCUT2D eigenvalue weighted by molar-refractivity contribution is 0.669. The smallest absolute Gasteiger partial charge is 0.136 e. The number of benzene rings is 19. The van der Waals surface area contributed by atoms with Gasteiger partial charge in [0, 0.05) is 88.6 Å². The summed E-state index contributed by atoms with van der Waals surface area (Å²) >= 11 is 0. The van der Waals surface area contributed by atoms with Crippen molar-refractivity contribution in [1.29, 1.82) is 0 Å². The third-order valence-corrected chi connectivity index (χ3v) is 32.7. The maximum absolute atomic E-state index is 6.53. The van der Waals surface area contributed by atoms with Crippen LogP contribution in [0.5, 0.6) is 0 Å². The third-order valence-electron chi connectivity index (χ3n) is 26.5. The second-order valence-corrected chi connectivity index (χ2v) is 53.3. The molecule has 19 aromatic carbocycles. The SMILES string of the molecule is C[Si](C)(C)c1ccc(-c2ccc(N(c3ccc(-c4ccc(-c5ccccc5)cc4)cc3)c3ccc(-c4ccc5c(c4)c4ccccc4n5-c4ccccc4)cc3)cc2)cc1.C[Si](C)(C)c1ccc2c(c1)oc1cc(-c3ccc(N(c4ccc(-c5ccc6c(c5)oc5ccccc56)cc4)c4ccc(-c5ccc6c(c5)c5cc([Si](C)(C)C)ccc5n6-c5ccccc5)cc4)cc3)ccc12. The van der Waals surface area contributed by atoms with Gasteiger partial charge in [-0.3, -0.25) is 0 Å². The Bertz CT molecular complexity index is 8230. The first kappa shape index (κ1) is 82.3. The van der Waals surface area contributed by atoms with Crippen molar-refractivity contribution in [3.63, 3.8) is 0 Å². The van der Waals surface area contributed by atoms with E-state index in [9.17, 15) is 0 Å². The van der Waals surface area contributed by atoms with Gasteiger partial charge in [0.05, 0.1) is 46.3 Å². The average molecular weight is 1750 g/mol. The molecule has 0 aliphatic heterocycles. The first-order chi connectivity index (χ1) is 64.3. The van der Waals surface area contributed by atoms with Gasteiger partial charge in [-0.1, -0.05) is 347 Å². The largest absolute Gasteiger partial charge is 0.456 e. The molecule has 0 atom stereocenters. The normalized spacial score (nSPS) is 12.0. The fourth-order valence-corrected chi connectivity index (χ4v) is 22.7. The minimum atomic E-state index is -1.56. The zero-order valence-corrected chi connectivity index (χ0v) is 78.8. The predicted octanol–water partition coefficient (Wildman–Crippen LogP) is 33.6. The molecule has 0 bridgehead atoms. The number of rotatable bonds is 18. The van der Waals surface area contributed by atoms with E-state index in [1.54, 1.807) is 0 Å². The van der Waals surface area contributed by atoms with Crippen LogP contribution in [0.4, 0.5) is 34.1 Å². The van der Waals surface area contributed by atoms with Crippen LogP contribution in [0.15, 0.2) is 452 Å². The summed E-state index contributed by atoms with van der Waals surface area (Å²) in [6.45, 7) is 21.6. The summed E-state index contributed by atoms with van der Waals surface area (Å²) in [5, 5.41) is 14.0. The molecule has 0 saturated heterocycles. The zero-order chi connectivity index (χ0) is 89.5. The molecule has 0 saturated carbocycles. The molecular formula is C123H100N4O2Si3. The molecule has 0 unspecified atom stereocenters. The van der Waals surface area contributed by atoms with Gasteiger partial charge >= 0.3 is 0 Å². The van der Waals surface area contributed by atoms with Gasteiger partial charge in [-0.2, -0.15) is 0 Å². The molecule has 23 rings (SSSR count). The lowest BCUT2D eigenvalue weighted by Crippen LogP contribution is -2.37. The number of hydrogen-bond acceptors (Lipinski definition) is 4. The molecule has 0 spiro atoms. The number of nitrogens with zero attached hydrogens (tertiary/aromatic N) is 4. The molecule has 0 fully saturated rings. The Labute approximate surface area is 774 Å². The summed E-state index contributed by atoms with van der Waals surface area (Å²) in [5.41, 5.74) is 34.0. The zero-order valence-electron chi connectivity index (χ0n) is 75.8. The first-order valence-electron chi connectivity index (χ1n) is 45.9. The van der Waals surface area contributed by atoms with Crippen LogP contribution < -0.4 is 25.4 Å². The lowest BCUT2D eigenvalue weighted by Gasteiger charge is -2.26. The maximum atomic E-state index is 6.53. The summed E-state index contributed by atoms with van der Waals surface area (Å²) in [7, 11) is -4.41. The molecule has 4 heterocycles. The Kier molecular flexibility index (Phi) is 21.0. The molecule has 0 amide bonds. The Morgan fingerprint density at radius 2 is 0.409 bits per heavy atom. The molecule has 0 aliphatic carbocycles. The van der Waals surface area contributed by atoms with Crippen molar-refractivity contribution in [2.75, 3.05) is 9.80 Å². The number of hydrogen-bond donors (Lipinski definition) is 0. The molecule has 9 heteroatoms. The number of anilines is 6. The second kappa shape index (κ2) is 33.6. The summed E-state index contributed by atoms with van der Waals surface area (Å²) < 4.78 is 17.6. The van der Waals surface area contributed by atoms with E-state index in [1.807, 2.05) is 12.1 Å². The molecule has 0 N–H and O–H groups in total. The molecule has 636 valence electrons.